The molecule has 1 amide bonds. The molecule has 46 heavy (non-hydrogen) atoms. The number of nitrogens with zero attached hydrogens (tertiary/aromatic N) is 2. The van der Waals surface area contributed by atoms with Crippen molar-refractivity contribution >= 4 is 23.5 Å². The van der Waals surface area contributed by atoms with Crippen molar-refractivity contribution < 1.29 is 27.9 Å². The maximum absolute atomic E-state index is 14.0. The van der Waals surface area contributed by atoms with Crippen molar-refractivity contribution in [2.75, 3.05) is 20.6 Å². The molecule has 1 unspecified atom stereocenters. The fraction of sp³-hybridized carbons (Fsp3) is 0.457. The number of alkyl halides is 3. The molecule has 2 atom stereocenters. The van der Waals surface area contributed by atoms with Crippen LogP contribution in [0.2, 0.25) is 5.02 Å². The second kappa shape index (κ2) is 14.9. The van der Waals surface area contributed by atoms with Crippen LogP contribution in [-0.2, 0) is 22.2 Å². The topological polar surface area (TPSA) is 91.6 Å². The maximum Gasteiger partial charge on any atom is 0.416 e. The van der Waals surface area contributed by atoms with Crippen LogP contribution >= 0.6 is 11.6 Å². The lowest BCUT2D eigenvalue weighted by molar-refractivity contribution is -0.139. The Bertz CT molecular complexity index is 1640. The Morgan fingerprint density at radius 1 is 1.00 bits per heavy atom. The largest absolute Gasteiger partial charge is 0.481 e. The summed E-state index contributed by atoms with van der Waals surface area (Å²) in [6.45, 7) is 11.6. The molecule has 0 aliphatic carbocycles. The zero-order chi connectivity index (χ0) is 34.7. The molecule has 0 bridgehead atoms. The molecule has 0 radical (unpaired) electrons. The third-order valence-electron chi connectivity index (χ3n) is 8.19. The molecule has 3 rings (SSSR count). The number of hydrogen-bond acceptors (Lipinski definition) is 4. The minimum Gasteiger partial charge on any atom is -0.481 e. The Morgan fingerprint density at radius 2 is 1.61 bits per heavy atom. The van der Waals surface area contributed by atoms with Gasteiger partial charge in [-0.3, -0.25) is 14.4 Å². The van der Waals surface area contributed by atoms with Gasteiger partial charge in [-0.2, -0.15) is 13.2 Å². The van der Waals surface area contributed by atoms with Crippen molar-refractivity contribution in [3.05, 3.63) is 90.8 Å². The summed E-state index contributed by atoms with van der Waals surface area (Å²) in [5.74, 6) is -1.91. The van der Waals surface area contributed by atoms with Crippen LogP contribution in [0.5, 0.6) is 0 Å². The normalized spacial score (nSPS) is 13.3. The number of amides is 1. The Balaban J connectivity index is 2.15. The minimum absolute atomic E-state index is 0.00851. The molecule has 7 nitrogen and oxygen atoms in total. The highest BCUT2D eigenvalue weighted by atomic mass is 35.5. The van der Waals surface area contributed by atoms with Gasteiger partial charge in [-0.1, -0.05) is 31.5 Å². The van der Waals surface area contributed by atoms with E-state index in [1.807, 2.05) is 65.8 Å². The monoisotopic (exact) mass is 661 g/mol. The Kier molecular flexibility index (Phi) is 11.9. The molecule has 0 saturated carbocycles. The third kappa shape index (κ3) is 9.00. The minimum atomic E-state index is -4.75. The summed E-state index contributed by atoms with van der Waals surface area (Å²) in [7, 11) is 3.46. The van der Waals surface area contributed by atoms with E-state index in [2.05, 4.69) is 5.32 Å². The van der Waals surface area contributed by atoms with Crippen LogP contribution in [0.4, 0.5) is 13.2 Å². The summed E-state index contributed by atoms with van der Waals surface area (Å²) in [6, 6.07) is 5.95. The van der Waals surface area contributed by atoms with Crippen molar-refractivity contribution in [3.63, 3.8) is 0 Å². The van der Waals surface area contributed by atoms with E-state index in [4.69, 9.17) is 11.6 Å². The molecular weight excluding hydrogens is 619 g/mol. The number of carbonyl (C=O) groups is 2. The number of aliphatic carboxylic acids is 1. The first kappa shape index (κ1) is 36.8. The van der Waals surface area contributed by atoms with Gasteiger partial charge in [-0.25, -0.2) is 0 Å². The molecule has 0 aliphatic heterocycles. The molecule has 0 saturated heterocycles. The fourth-order valence-electron chi connectivity index (χ4n) is 5.88. The number of benzene rings is 2. The molecular formula is C35H43ClF3N3O4. The predicted molar refractivity (Wildman–Crippen MR) is 175 cm³/mol. The lowest BCUT2D eigenvalue weighted by Crippen LogP contribution is -2.41. The molecule has 3 aromatic rings. The van der Waals surface area contributed by atoms with Gasteiger partial charge >= 0.3 is 12.1 Å². The van der Waals surface area contributed by atoms with Gasteiger partial charge in [0.15, 0.2) is 0 Å². The second-order valence-electron chi connectivity index (χ2n) is 12.7. The van der Waals surface area contributed by atoms with Gasteiger partial charge in [-0.15, -0.1) is 0 Å². The van der Waals surface area contributed by atoms with Gasteiger partial charge in [0, 0.05) is 23.8 Å². The number of carboxylic acid groups (broad SMARTS) is 1. The second-order valence-corrected chi connectivity index (χ2v) is 13.2. The number of likely N-dealkylation sites (N-methyl/N-ethyl adjacent to an activating group) is 1. The lowest BCUT2D eigenvalue weighted by atomic mass is 9.88. The van der Waals surface area contributed by atoms with Crippen LogP contribution in [0, 0.1) is 33.6 Å². The average molecular weight is 662 g/mol. The van der Waals surface area contributed by atoms with Crippen molar-refractivity contribution in [3.8, 4) is 11.1 Å². The maximum atomic E-state index is 14.0. The van der Waals surface area contributed by atoms with Gasteiger partial charge in [0.2, 0.25) is 5.91 Å². The van der Waals surface area contributed by atoms with Gasteiger partial charge < -0.3 is 19.9 Å². The highest BCUT2D eigenvalue weighted by Crippen LogP contribution is 2.36. The van der Waals surface area contributed by atoms with Crippen molar-refractivity contribution in [2.45, 2.75) is 79.1 Å². The lowest BCUT2D eigenvalue weighted by Gasteiger charge is -2.27. The van der Waals surface area contributed by atoms with E-state index in [1.54, 1.807) is 19.0 Å². The van der Waals surface area contributed by atoms with E-state index in [9.17, 15) is 32.7 Å². The number of nitrogens with one attached hydrogen (secondary N) is 1. The number of carboxylic acids is 1. The van der Waals surface area contributed by atoms with Gasteiger partial charge in [0.05, 0.1) is 18.0 Å². The summed E-state index contributed by atoms with van der Waals surface area (Å²) in [5.41, 5.74) is 3.81. The molecule has 2 aromatic carbocycles. The third-order valence-corrected chi connectivity index (χ3v) is 8.41. The Morgan fingerprint density at radius 3 is 2.13 bits per heavy atom. The summed E-state index contributed by atoms with van der Waals surface area (Å²) in [5, 5.41) is 13.3. The van der Waals surface area contributed by atoms with Crippen molar-refractivity contribution in [2.24, 2.45) is 5.92 Å². The standard InChI is InChI=1S/C35H43ClF3N3O4/c1-19(2)11-30(42-18-24(9-10-41(7)8)28(16-31(42)43)35(37,38)39)34(46)40-29(17-32(44)45)27-15-25(12-20(3)23(27)6)33-21(4)13-26(36)14-22(33)5/h12-16,18-19,29-30H,9-11,17H2,1-8H3,(H,40,46)(H,44,45)/t29-,30?/m0/s1. The molecule has 1 aromatic heterocycles. The molecule has 0 fully saturated rings. The van der Waals surface area contributed by atoms with E-state index in [1.165, 1.54) is 0 Å². The van der Waals surface area contributed by atoms with E-state index in [-0.39, 0.29) is 24.3 Å². The van der Waals surface area contributed by atoms with Gasteiger partial charge in [0.25, 0.3) is 5.56 Å². The van der Waals surface area contributed by atoms with E-state index < -0.39 is 47.7 Å². The molecule has 0 aliphatic rings. The van der Waals surface area contributed by atoms with Crippen LogP contribution in [0.15, 0.2) is 41.3 Å². The van der Waals surface area contributed by atoms with E-state index >= 15 is 0 Å². The Hall–Kier alpha value is -3.63. The first-order valence-electron chi connectivity index (χ1n) is 15.2. The zero-order valence-corrected chi connectivity index (χ0v) is 28.4. The van der Waals surface area contributed by atoms with E-state index in [0.717, 1.165) is 44.1 Å². The predicted octanol–water partition coefficient (Wildman–Crippen LogP) is 7.44. The summed E-state index contributed by atoms with van der Waals surface area (Å²) in [6.07, 6.45) is -3.91. The van der Waals surface area contributed by atoms with E-state index in [0.29, 0.717) is 23.2 Å². The summed E-state index contributed by atoms with van der Waals surface area (Å²) in [4.78, 5) is 41.1. The van der Waals surface area contributed by atoms with Crippen molar-refractivity contribution in [1.29, 1.82) is 0 Å². The molecule has 1 heterocycles. The average Bonchev–Trinajstić information content (AvgIpc) is 2.90. The smallest absolute Gasteiger partial charge is 0.416 e. The number of carbonyl (C=O) groups excluding carboxylic acids is 1. The van der Waals surface area contributed by atoms with Crippen molar-refractivity contribution in [1.82, 2.24) is 14.8 Å². The zero-order valence-electron chi connectivity index (χ0n) is 27.6. The SMILES string of the molecule is Cc1cc(-c2c(C)cc(Cl)cc2C)cc([C@H](CC(=O)O)NC(=O)C(CC(C)C)n2cc(CCN(C)C)c(C(F)(F)F)cc2=O)c1C. The molecule has 250 valence electrons. The number of aromatic nitrogens is 1. The number of pyridine rings is 1. The number of rotatable bonds is 12. The quantitative estimate of drug-likeness (QED) is 0.211. The first-order valence-corrected chi connectivity index (χ1v) is 15.5. The van der Waals surface area contributed by atoms with Crippen LogP contribution < -0.4 is 10.9 Å². The summed E-state index contributed by atoms with van der Waals surface area (Å²) < 4.78 is 42.8. The van der Waals surface area contributed by atoms with Crippen LogP contribution in [0.25, 0.3) is 11.1 Å². The Labute approximate surface area is 273 Å². The number of halogens is 4. The summed E-state index contributed by atoms with van der Waals surface area (Å²) >= 11 is 6.27. The number of hydrogen-bond donors (Lipinski definition) is 2. The van der Waals surface area contributed by atoms with Crippen LogP contribution in [-0.4, -0.2) is 47.1 Å². The molecule has 0 spiro atoms. The highest BCUT2D eigenvalue weighted by Gasteiger charge is 2.36. The molecule has 2 N–H and O–H groups in total. The van der Waals surface area contributed by atoms with Crippen LogP contribution in [0.1, 0.15) is 77.7 Å². The molecule has 11 heteroatoms. The fourth-order valence-corrected chi connectivity index (χ4v) is 6.20. The number of aryl methyl sites for hydroxylation is 3. The van der Waals surface area contributed by atoms with Crippen LogP contribution in [0.3, 0.4) is 0 Å². The first-order chi connectivity index (χ1) is 21.3. The highest BCUT2D eigenvalue weighted by molar-refractivity contribution is 6.30. The van der Waals surface area contributed by atoms with Gasteiger partial charge in [0.1, 0.15) is 6.04 Å². The van der Waals surface area contributed by atoms with Gasteiger partial charge in [-0.05, 0) is 123 Å².